The fraction of sp³-hybridized carbons (Fsp3) is 0.647. The molecular weight excluding hydrogens is 415 g/mol. The molecule has 0 unspecified atom stereocenters. The third-order valence-electron chi connectivity index (χ3n) is 4.64. The summed E-state index contributed by atoms with van der Waals surface area (Å²) in [6.45, 7) is 3.31. The van der Waals surface area contributed by atoms with Gasteiger partial charge in [-0.2, -0.15) is 13.2 Å². The number of nitrogens with one attached hydrogen (secondary N) is 1. The largest absolute Gasteiger partial charge is 0.490 e. The van der Waals surface area contributed by atoms with Crippen molar-refractivity contribution in [1.82, 2.24) is 14.6 Å². The SMILES string of the molecule is CS(=O)(=O)N[C@@H]1CCO[C@]2(CCN(Cc3cccnc3)C2)C1.O=C(O)C(F)(F)F. The molecule has 2 saturated heterocycles. The van der Waals surface area contributed by atoms with Gasteiger partial charge in [-0.05, 0) is 30.9 Å². The molecule has 1 aromatic heterocycles. The second-order valence-electron chi connectivity index (χ2n) is 7.24. The van der Waals surface area contributed by atoms with Gasteiger partial charge in [0, 0.05) is 44.7 Å². The van der Waals surface area contributed by atoms with Crippen LogP contribution in [-0.2, 0) is 26.1 Å². The number of aromatic nitrogens is 1. The van der Waals surface area contributed by atoms with E-state index in [0.29, 0.717) is 6.61 Å². The second-order valence-corrected chi connectivity index (χ2v) is 9.02. The Hall–Kier alpha value is -1.76. The number of rotatable bonds is 4. The van der Waals surface area contributed by atoms with E-state index < -0.39 is 22.2 Å². The summed E-state index contributed by atoms with van der Waals surface area (Å²) in [5.41, 5.74) is 0.990. The third kappa shape index (κ3) is 7.88. The Labute approximate surface area is 167 Å². The van der Waals surface area contributed by atoms with E-state index in [1.54, 1.807) is 6.20 Å². The van der Waals surface area contributed by atoms with E-state index in [9.17, 15) is 21.6 Å². The number of alkyl halides is 3. The lowest BCUT2D eigenvalue weighted by molar-refractivity contribution is -0.192. The van der Waals surface area contributed by atoms with Crippen molar-refractivity contribution < 1.29 is 36.2 Å². The molecule has 0 aromatic carbocycles. The molecule has 8 nitrogen and oxygen atoms in total. The molecule has 1 spiro atoms. The summed E-state index contributed by atoms with van der Waals surface area (Å²) in [4.78, 5) is 15.4. The first-order valence-electron chi connectivity index (χ1n) is 8.91. The van der Waals surface area contributed by atoms with Crippen LogP contribution in [-0.4, -0.2) is 73.1 Å². The molecule has 2 atom stereocenters. The van der Waals surface area contributed by atoms with Crippen LogP contribution in [0.1, 0.15) is 24.8 Å². The first kappa shape index (κ1) is 23.5. The summed E-state index contributed by atoms with van der Waals surface area (Å²) in [6, 6.07) is 4.01. The van der Waals surface area contributed by atoms with Crippen LogP contribution in [0, 0.1) is 0 Å². The molecule has 29 heavy (non-hydrogen) atoms. The lowest BCUT2D eigenvalue weighted by Gasteiger charge is -2.38. The molecule has 3 rings (SSSR count). The van der Waals surface area contributed by atoms with Gasteiger partial charge in [0.2, 0.25) is 10.0 Å². The summed E-state index contributed by atoms with van der Waals surface area (Å²) in [5.74, 6) is -2.76. The van der Waals surface area contributed by atoms with Crippen LogP contribution in [0.4, 0.5) is 13.2 Å². The maximum atomic E-state index is 11.4. The molecule has 2 aliphatic heterocycles. The number of carboxylic acid groups (broad SMARTS) is 1. The number of likely N-dealkylation sites (tertiary alicyclic amines) is 1. The van der Waals surface area contributed by atoms with Gasteiger partial charge in [-0.3, -0.25) is 9.88 Å². The minimum Gasteiger partial charge on any atom is -0.475 e. The van der Waals surface area contributed by atoms with E-state index in [1.807, 2.05) is 12.3 Å². The third-order valence-corrected chi connectivity index (χ3v) is 5.40. The van der Waals surface area contributed by atoms with Gasteiger partial charge >= 0.3 is 12.1 Å². The zero-order valence-corrected chi connectivity index (χ0v) is 16.7. The molecule has 2 N–H and O–H groups in total. The summed E-state index contributed by atoms with van der Waals surface area (Å²) in [7, 11) is -3.16. The van der Waals surface area contributed by atoms with Crippen molar-refractivity contribution in [2.75, 3.05) is 26.0 Å². The molecule has 2 fully saturated rings. The van der Waals surface area contributed by atoms with E-state index in [-0.39, 0.29) is 11.6 Å². The van der Waals surface area contributed by atoms with E-state index in [1.165, 1.54) is 11.8 Å². The number of nitrogens with zero attached hydrogens (tertiary/aromatic N) is 2. The standard InChI is InChI=1S/C15H23N3O3S.C2HF3O2/c1-22(19,20)17-14-4-8-21-15(9-14)5-7-18(12-15)11-13-3-2-6-16-10-13;3-2(4,5)1(6)7/h2-3,6,10,14,17H,4-5,7-9,11-12H2,1H3;(H,6,7)/t14-,15-;/m1./s1. The molecule has 0 saturated carbocycles. The molecule has 164 valence electrons. The Balaban J connectivity index is 0.000000370. The molecule has 2 aliphatic rings. The number of carboxylic acids is 1. The van der Waals surface area contributed by atoms with Crippen molar-refractivity contribution in [3.63, 3.8) is 0 Å². The van der Waals surface area contributed by atoms with Gasteiger partial charge in [0.25, 0.3) is 0 Å². The number of hydrogen-bond donors (Lipinski definition) is 2. The number of ether oxygens (including phenoxy) is 1. The highest BCUT2D eigenvalue weighted by Gasteiger charge is 2.43. The van der Waals surface area contributed by atoms with Crippen molar-refractivity contribution in [2.24, 2.45) is 0 Å². The van der Waals surface area contributed by atoms with Crippen LogP contribution in [0.25, 0.3) is 0 Å². The quantitative estimate of drug-likeness (QED) is 0.730. The average Bonchev–Trinajstić information content (AvgIpc) is 2.95. The van der Waals surface area contributed by atoms with Crippen LogP contribution >= 0.6 is 0 Å². The smallest absolute Gasteiger partial charge is 0.475 e. The predicted molar refractivity (Wildman–Crippen MR) is 97.5 cm³/mol. The van der Waals surface area contributed by atoms with Gasteiger partial charge in [0.1, 0.15) is 0 Å². The number of aliphatic carboxylic acids is 1. The van der Waals surface area contributed by atoms with Crippen molar-refractivity contribution in [2.45, 2.75) is 43.6 Å². The van der Waals surface area contributed by atoms with Gasteiger partial charge in [-0.1, -0.05) is 6.07 Å². The van der Waals surface area contributed by atoms with Gasteiger partial charge < -0.3 is 9.84 Å². The van der Waals surface area contributed by atoms with E-state index in [4.69, 9.17) is 14.6 Å². The number of hydrogen-bond acceptors (Lipinski definition) is 6. The average molecular weight is 439 g/mol. The minimum atomic E-state index is -5.08. The van der Waals surface area contributed by atoms with Crippen molar-refractivity contribution in [1.29, 1.82) is 0 Å². The van der Waals surface area contributed by atoms with Gasteiger partial charge in [0.05, 0.1) is 11.9 Å². The van der Waals surface area contributed by atoms with E-state index in [2.05, 4.69) is 20.7 Å². The van der Waals surface area contributed by atoms with Crippen LogP contribution in [0.5, 0.6) is 0 Å². The molecule has 0 bridgehead atoms. The van der Waals surface area contributed by atoms with Crippen LogP contribution in [0.3, 0.4) is 0 Å². The lowest BCUT2D eigenvalue weighted by atomic mass is 9.90. The van der Waals surface area contributed by atoms with Crippen LogP contribution in [0.15, 0.2) is 24.5 Å². The molecule has 0 radical (unpaired) electrons. The maximum absolute atomic E-state index is 11.4. The van der Waals surface area contributed by atoms with Crippen molar-refractivity contribution >= 4 is 16.0 Å². The molecular formula is C17H24F3N3O5S. The monoisotopic (exact) mass is 439 g/mol. The topological polar surface area (TPSA) is 109 Å². The maximum Gasteiger partial charge on any atom is 0.490 e. The first-order valence-corrected chi connectivity index (χ1v) is 10.8. The fourth-order valence-corrected chi connectivity index (χ4v) is 4.33. The highest BCUT2D eigenvalue weighted by Crippen LogP contribution is 2.35. The minimum absolute atomic E-state index is 0.0120. The second kappa shape index (κ2) is 9.37. The zero-order valence-electron chi connectivity index (χ0n) is 15.9. The normalized spacial score (nSPS) is 25.4. The first-order chi connectivity index (χ1) is 13.4. The Morgan fingerprint density at radius 1 is 1.48 bits per heavy atom. The Kier molecular flexibility index (Phi) is 7.60. The van der Waals surface area contributed by atoms with Gasteiger partial charge in [-0.25, -0.2) is 17.9 Å². The van der Waals surface area contributed by atoms with Crippen LogP contribution in [0.2, 0.25) is 0 Å². The zero-order chi connectivity index (χ0) is 21.7. The van der Waals surface area contributed by atoms with Crippen molar-refractivity contribution in [3.05, 3.63) is 30.1 Å². The molecule has 0 amide bonds. The van der Waals surface area contributed by atoms with Gasteiger partial charge in [-0.15, -0.1) is 0 Å². The summed E-state index contributed by atoms with van der Waals surface area (Å²) >= 11 is 0. The Morgan fingerprint density at radius 3 is 2.72 bits per heavy atom. The van der Waals surface area contributed by atoms with Crippen LogP contribution < -0.4 is 4.72 Å². The molecule has 12 heteroatoms. The lowest BCUT2D eigenvalue weighted by Crippen LogP contribution is -2.49. The Bertz CT molecular complexity index is 791. The van der Waals surface area contributed by atoms with E-state index in [0.717, 1.165) is 38.9 Å². The summed E-state index contributed by atoms with van der Waals surface area (Å²) in [6.07, 6.45) is 2.26. The van der Waals surface area contributed by atoms with Crippen molar-refractivity contribution in [3.8, 4) is 0 Å². The number of sulfonamides is 1. The van der Waals surface area contributed by atoms with Gasteiger partial charge in [0.15, 0.2) is 0 Å². The van der Waals surface area contributed by atoms with E-state index >= 15 is 0 Å². The molecule has 0 aliphatic carbocycles. The Morgan fingerprint density at radius 2 is 2.17 bits per heavy atom. The highest BCUT2D eigenvalue weighted by molar-refractivity contribution is 7.88. The number of carbonyl (C=O) groups is 1. The molecule has 3 heterocycles. The summed E-state index contributed by atoms with van der Waals surface area (Å²) in [5, 5.41) is 7.12. The highest BCUT2D eigenvalue weighted by atomic mass is 32.2. The predicted octanol–water partition coefficient (Wildman–Crippen LogP) is 1.39. The summed E-state index contributed by atoms with van der Waals surface area (Å²) < 4.78 is 63.4. The fourth-order valence-electron chi connectivity index (χ4n) is 3.53. The molecule has 1 aromatic rings. The number of pyridine rings is 1. The number of halogens is 3.